The predicted octanol–water partition coefficient (Wildman–Crippen LogP) is 2.26. The predicted molar refractivity (Wildman–Crippen MR) is 106 cm³/mol. The van der Waals surface area contributed by atoms with Gasteiger partial charge >= 0.3 is 0 Å². The Morgan fingerprint density at radius 2 is 2.04 bits per heavy atom. The molecule has 2 aromatic rings. The number of hydrogen-bond acceptors (Lipinski definition) is 4. The lowest BCUT2D eigenvalue weighted by Gasteiger charge is -2.37. The van der Waals surface area contributed by atoms with Gasteiger partial charge in [0.25, 0.3) is 5.56 Å². The molecule has 3 heterocycles. The Bertz CT molecular complexity index is 956. The molecule has 1 aromatic heterocycles. The van der Waals surface area contributed by atoms with Gasteiger partial charge in [-0.1, -0.05) is 12.1 Å². The van der Waals surface area contributed by atoms with Gasteiger partial charge in [0, 0.05) is 55.6 Å². The van der Waals surface area contributed by atoms with Crippen molar-refractivity contribution in [3.8, 4) is 16.9 Å². The fourth-order valence-electron chi connectivity index (χ4n) is 5.47. The van der Waals surface area contributed by atoms with Crippen LogP contribution in [0.25, 0.3) is 11.1 Å². The van der Waals surface area contributed by atoms with Crippen molar-refractivity contribution in [1.82, 2.24) is 14.4 Å². The number of piperazine rings is 1. The minimum atomic E-state index is 0.0503. The van der Waals surface area contributed by atoms with Crippen molar-refractivity contribution in [3.05, 3.63) is 51.9 Å². The summed E-state index contributed by atoms with van der Waals surface area (Å²) in [6.45, 7) is 5.19. The van der Waals surface area contributed by atoms with E-state index in [0.29, 0.717) is 11.6 Å². The second kappa shape index (κ2) is 5.69. The van der Waals surface area contributed by atoms with Gasteiger partial charge in [-0.3, -0.25) is 14.6 Å². The van der Waals surface area contributed by atoms with Gasteiger partial charge in [-0.05, 0) is 49.6 Å². The molecule has 2 bridgehead atoms. The van der Waals surface area contributed by atoms with Crippen LogP contribution in [0.15, 0.2) is 35.3 Å². The number of benzene rings is 1. The molecule has 0 radical (unpaired) electrons. The van der Waals surface area contributed by atoms with E-state index in [2.05, 4.69) is 35.0 Å². The Morgan fingerprint density at radius 3 is 2.63 bits per heavy atom. The molecule has 27 heavy (non-hydrogen) atoms. The largest absolute Gasteiger partial charge is 0.496 e. The van der Waals surface area contributed by atoms with E-state index in [1.165, 1.54) is 25.1 Å². The second-order valence-electron chi connectivity index (χ2n) is 8.62. The summed E-state index contributed by atoms with van der Waals surface area (Å²) in [7, 11) is 5.82. The third-order valence-corrected chi connectivity index (χ3v) is 7.09. The molecule has 3 atom stereocenters. The Morgan fingerprint density at radius 1 is 1.22 bits per heavy atom. The fraction of sp³-hybridized carbons (Fsp3) is 0.500. The Labute approximate surface area is 160 Å². The highest BCUT2D eigenvalue weighted by Gasteiger charge is 2.71. The average Bonchev–Trinajstić information content (AvgIpc) is 3.22. The first-order valence-electron chi connectivity index (χ1n) is 9.73. The van der Waals surface area contributed by atoms with Gasteiger partial charge in [0.05, 0.1) is 7.11 Å². The van der Waals surface area contributed by atoms with E-state index in [4.69, 9.17) is 4.74 Å². The summed E-state index contributed by atoms with van der Waals surface area (Å²) < 4.78 is 7.38. The summed E-state index contributed by atoms with van der Waals surface area (Å²) in [5.74, 6) is 1.81. The third kappa shape index (κ3) is 2.41. The summed E-state index contributed by atoms with van der Waals surface area (Å²) in [6, 6.07) is 9.10. The van der Waals surface area contributed by atoms with Gasteiger partial charge in [-0.15, -0.1) is 0 Å². The normalized spacial score (nSPS) is 29.2. The number of rotatable bonds is 4. The number of ether oxygens (including phenoxy) is 1. The van der Waals surface area contributed by atoms with Crippen LogP contribution in [0.4, 0.5) is 0 Å². The topological polar surface area (TPSA) is 37.7 Å². The Balaban J connectivity index is 1.42. The molecule has 142 valence electrons. The van der Waals surface area contributed by atoms with E-state index in [9.17, 15) is 4.79 Å². The molecular formula is C22H27N3O2. The second-order valence-corrected chi connectivity index (χ2v) is 8.62. The summed E-state index contributed by atoms with van der Waals surface area (Å²) in [4.78, 5) is 17.2. The lowest BCUT2D eigenvalue weighted by molar-refractivity contribution is 0.0907. The lowest BCUT2D eigenvalue weighted by atomic mass is 10.0. The van der Waals surface area contributed by atoms with Gasteiger partial charge in [0.1, 0.15) is 5.75 Å². The lowest BCUT2D eigenvalue weighted by Crippen LogP contribution is -2.49. The molecule has 5 nitrogen and oxygen atoms in total. The molecule has 0 N–H and O–H groups in total. The molecule has 2 aliphatic heterocycles. The number of likely N-dealkylation sites (N-methyl/N-ethyl adjacent to an activating group) is 1. The van der Waals surface area contributed by atoms with Gasteiger partial charge in [-0.25, -0.2) is 0 Å². The van der Waals surface area contributed by atoms with Gasteiger partial charge in [-0.2, -0.15) is 0 Å². The molecule has 2 saturated heterocycles. The average molecular weight is 365 g/mol. The van der Waals surface area contributed by atoms with E-state index >= 15 is 0 Å². The molecular weight excluding hydrogens is 338 g/mol. The summed E-state index contributed by atoms with van der Waals surface area (Å²) >= 11 is 0. The SMILES string of the molecule is COc1cc(-c2cc(C)c(=O)n(C)c2)ccc1CN1CC23C[C@H]2C1CN3C. The van der Waals surface area contributed by atoms with E-state index < -0.39 is 0 Å². The standard InChI is InChI=1S/C22H27N3O2/c1-14-7-17(10-23(2)21(14)26)15-5-6-16(20(8-15)27-4)11-25-13-22-9-18(22)19(25)12-24(22)3/h5-8,10,18-19H,9,11-13H2,1-4H3/t18-,19?,22?/m0/s1. The first-order chi connectivity index (χ1) is 12.9. The summed E-state index contributed by atoms with van der Waals surface area (Å²) in [6.07, 6.45) is 3.28. The van der Waals surface area contributed by atoms with Gasteiger partial charge < -0.3 is 9.30 Å². The van der Waals surface area contributed by atoms with Crippen molar-refractivity contribution in [2.45, 2.75) is 31.5 Å². The van der Waals surface area contributed by atoms with Crippen molar-refractivity contribution in [2.75, 3.05) is 27.2 Å². The van der Waals surface area contributed by atoms with Crippen LogP contribution in [-0.4, -0.2) is 53.2 Å². The maximum Gasteiger partial charge on any atom is 0.253 e. The molecule has 1 saturated carbocycles. The molecule has 0 spiro atoms. The van der Waals surface area contributed by atoms with Crippen molar-refractivity contribution >= 4 is 0 Å². The first-order valence-corrected chi connectivity index (χ1v) is 9.73. The molecule has 3 aliphatic rings. The van der Waals surface area contributed by atoms with E-state index in [1.807, 2.05) is 19.2 Å². The van der Waals surface area contributed by atoms with Crippen molar-refractivity contribution in [2.24, 2.45) is 13.0 Å². The number of hydrogen-bond donors (Lipinski definition) is 0. The number of aryl methyl sites for hydroxylation is 2. The van der Waals surface area contributed by atoms with E-state index in [1.54, 1.807) is 18.7 Å². The van der Waals surface area contributed by atoms with Crippen LogP contribution < -0.4 is 10.3 Å². The molecule has 3 fully saturated rings. The molecule has 2 unspecified atom stereocenters. The highest BCUT2D eigenvalue weighted by Crippen LogP contribution is 2.61. The molecule has 1 aliphatic carbocycles. The number of methoxy groups -OCH3 is 1. The number of piperidine rings is 2. The third-order valence-electron chi connectivity index (χ3n) is 7.09. The van der Waals surface area contributed by atoms with Crippen molar-refractivity contribution in [3.63, 3.8) is 0 Å². The minimum absolute atomic E-state index is 0.0503. The maximum atomic E-state index is 12.0. The zero-order valence-electron chi connectivity index (χ0n) is 16.5. The van der Waals surface area contributed by atoms with Crippen molar-refractivity contribution in [1.29, 1.82) is 0 Å². The first kappa shape index (κ1) is 17.0. The maximum absolute atomic E-state index is 12.0. The highest BCUT2D eigenvalue weighted by atomic mass is 16.5. The molecule has 5 rings (SSSR count). The molecule has 5 heteroatoms. The van der Waals surface area contributed by atoms with E-state index in [-0.39, 0.29) is 5.56 Å². The molecule has 1 aromatic carbocycles. The van der Waals surface area contributed by atoms with Crippen LogP contribution in [0.5, 0.6) is 5.75 Å². The minimum Gasteiger partial charge on any atom is -0.496 e. The monoisotopic (exact) mass is 365 g/mol. The Hall–Kier alpha value is -2.11. The Kier molecular flexibility index (Phi) is 3.59. The van der Waals surface area contributed by atoms with Gasteiger partial charge in [0.2, 0.25) is 0 Å². The number of aromatic nitrogens is 1. The summed E-state index contributed by atoms with van der Waals surface area (Å²) in [5, 5.41) is 0. The number of likely N-dealkylation sites (tertiary alicyclic amines) is 2. The smallest absolute Gasteiger partial charge is 0.253 e. The van der Waals surface area contributed by atoms with Crippen LogP contribution >= 0.6 is 0 Å². The molecule has 0 amide bonds. The van der Waals surface area contributed by atoms with Gasteiger partial charge in [0.15, 0.2) is 0 Å². The zero-order valence-corrected chi connectivity index (χ0v) is 16.5. The zero-order chi connectivity index (χ0) is 18.9. The van der Waals surface area contributed by atoms with Crippen LogP contribution in [0, 0.1) is 12.8 Å². The van der Waals surface area contributed by atoms with Crippen LogP contribution in [0.2, 0.25) is 0 Å². The van der Waals surface area contributed by atoms with E-state index in [0.717, 1.165) is 34.9 Å². The summed E-state index contributed by atoms with van der Waals surface area (Å²) in [5.41, 5.74) is 4.65. The number of pyridine rings is 1. The van der Waals surface area contributed by atoms with Crippen molar-refractivity contribution < 1.29 is 4.74 Å². The number of nitrogens with zero attached hydrogens (tertiary/aromatic N) is 3. The highest BCUT2D eigenvalue weighted by molar-refractivity contribution is 5.66. The quantitative estimate of drug-likeness (QED) is 0.833. The van der Waals surface area contributed by atoms with Crippen LogP contribution in [0.3, 0.4) is 0 Å². The fourth-order valence-corrected chi connectivity index (χ4v) is 5.47. The van der Waals surface area contributed by atoms with Crippen LogP contribution in [0.1, 0.15) is 17.5 Å². The van der Waals surface area contributed by atoms with Crippen LogP contribution in [-0.2, 0) is 13.6 Å².